The van der Waals surface area contributed by atoms with Gasteiger partial charge in [0, 0.05) is 32.2 Å². The summed E-state index contributed by atoms with van der Waals surface area (Å²) in [5.41, 5.74) is 2.41. The van der Waals surface area contributed by atoms with E-state index in [0.29, 0.717) is 12.0 Å². The Morgan fingerprint density at radius 2 is 1.41 bits per heavy atom. The van der Waals surface area contributed by atoms with Crippen LogP contribution in [0.5, 0.6) is 0 Å². The third-order valence-corrected chi connectivity index (χ3v) is 5.13. The molecule has 0 aliphatic carbocycles. The Hall–Kier alpha value is -1.85. The number of halogens is 3. The van der Waals surface area contributed by atoms with Gasteiger partial charge in [0.05, 0.1) is 5.56 Å². The van der Waals surface area contributed by atoms with Gasteiger partial charge in [0.2, 0.25) is 0 Å². The quantitative estimate of drug-likeness (QED) is 0.755. The van der Waals surface area contributed by atoms with Crippen LogP contribution in [0.25, 0.3) is 11.1 Å². The Bertz CT molecular complexity index is 715. The topological polar surface area (TPSA) is 15.3 Å². The van der Waals surface area contributed by atoms with Crippen LogP contribution in [-0.4, -0.2) is 31.1 Å². The lowest BCUT2D eigenvalue weighted by molar-refractivity contribution is -0.137. The number of benzene rings is 2. The van der Waals surface area contributed by atoms with E-state index in [2.05, 4.69) is 36.2 Å². The summed E-state index contributed by atoms with van der Waals surface area (Å²) >= 11 is 0. The number of rotatable bonds is 5. The van der Waals surface area contributed by atoms with Gasteiger partial charge in [-0.15, -0.1) is 0 Å². The van der Waals surface area contributed by atoms with Gasteiger partial charge in [0.1, 0.15) is 0 Å². The first-order chi connectivity index (χ1) is 12.8. The number of hydrogen-bond acceptors (Lipinski definition) is 2. The van der Waals surface area contributed by atoms with Gasteiger partial charge in [-0.3, -0.25) is 4.90 Å². The molecular formula is C22H27F3N2. The maximum absolute atomic E-state index is 12.7. The SMILES string of the molecule is CC(C)C[C@H](c1ccc(-c2ccc(C(F)(F)F)cc2)cc1)N1CCNCC1. The average Bonchev–Trinajstić information content (AvgIpc) is 2.66. The first-order valence-electron chi connectivity index (χ1n) is 9.57. The fraction of sp³-hybridized carbons (Fsp3) is 0.455. The van der Waals surface area contributed by atoms with Crippen molar-refractivity contribution in [1.29, 1.82) is 0 Å². The summed E-state index contributed by atoms with van der Waals surface area (Å²) in [6.45, 7) is 8.59. The van der Waals surface area contributed by atoms with Crippen molar-refractivity contribution in [2.45, 2.75) is 32.5 Å². The normalized spacial score (nSPS) is 17.3. The molecule has 1 saturated heterocycles. The van der Waals surface area contributed by atoms with Gasteiger partial charge >= 0.3 is 6.18 Å². The van der Waals surface area contributed by atoms with Crippen molar-refractivity contribution < 1.29 is 13.2 Å². The molecule has 2 nitrogen and oxygen atoms in total. The van der Waals surface area contributed by atoms with E-state index >= 15 is 0 Å². The molecular weight excluding hydrogens is 349 g/mol. The summed E-state index contributed by atoms with van der Waals surface area (Å²) in [4.78, 5) is 2.53. The Kier molecular flexibility index (Phi) is 6.22. The second-order valence-electron chi connectivity index (χ2n) is 7.63. The van der Waals surface area contributed by atoms with Crippen LogP contribution in [0.2, 0.25) is 0 Å². The predicted molar refractivity (Wildman–Crippen MR) is 104 cm³/mol. The highest BCUT2D eigenvalue weighted by molar-refractivity contribution is 5.64. The number of alkyl halides is 3. The smallest absolute Gasteiger partial charge is 0.314 e. The van der Waals surface area contributed by atoms with Gasteiger partial charge in [-0.05, 0) is 41.2 Å². The van der Waals surface area contributed by atoms with Crippen molar-refractivity contribution >= 4 is 0 Å². The molecule has 27 heavy (non-hydrogen) atoms. The third-order valence-electron chi connectivity index (χ3n) is 5.13. The van der Waals surface area contributed by atoms with E-state index in [4.69, 9.17) is 0 Å². The van der Waals surface area contributed by atoms with Crippen LogP contribution in [0, 0.1) is 5.92 Å². The van der Waals surface area contributed by atoms with Crippen LogP contribution in [0.3, 0.4) is 0 Å². The largest absolute Gasteiger partial charge is 0.416 e. The highest BCUT2D eigenvalue weighted by Gasteiger charge is 2.30. The molecule has 1 aliphatic rings. The second kappa shape index (κ2) is 8.44. The van der Waals surface area contributed by atoms with Gasteiger partial charge < -0.3 is 5.32 Å². The zero-order valence-electron chi connectivity index (χ0n) is 15.9. The van der Waals surface area contributed by atoms with Gasteiger partial charge in [-0.25, -0.2) is 0 Å². The van der Waals surface area contributed by atoms with Crippen molar-refractivity contribution in [3.8, 4) is 11.1 Å². The summed E-state index contributed by atoms with van der Waals surface area (Å²) in [7, 11) is 0. The molecule has 3 rings (SSSR count). The molecule has 0 spiro atoms. The zero-order valence-corrected chi connectivity index (χ0v) is 15.9. The zero-order chi connectivity index (χ0) is 19.4. The van der Waals surface area contributed by atoms with Gasteiger partial charge in [-0.1, -0.05) is 50.2 Å². The molecule has 1 heterocycles. The van der Waals surface area contributed by atoms with Crippen molar-refractivity contribution in [3.63, 3.8) is 0 Å². The van der Waals surface area contributed by atoms with Crippen molar-refractivity contribution in [2.75, 3.05) is 26.2 Å². The van der Waals surface area contributed by atoms with E-state index in [1.54, 1.807) is 12.1 Å². The standard InChI is InChI=1S/C22H27F3N2/c1-16(2)15-21(27-13-11-26-12-14-27)19-5-3-17(4-6-19)18-7-9-20(10-8-18)22(23,24)25/h3-10,16,21,26H,11-15H2,1-2H3/t21-/m1/s1. The highest BCUT2D eigenvalue weighted by atomic mass is 19.4. The van der Waals surface area contributed by atoms with Crippen LogP contribution in [0.15, 0.2) is 48.5 Å². The summed E-state index contributed by atoms with van der Waals surface area (Å²) in [5, 5.41) is 3.40. The molecule has 1 aliphatic heterocycles. The minimum atomic E-state index is -4.30. The first kappa shape index (κ1) is 19.9. The molecule has 0 radical (unpaired) electrons. The van der Waals surface area contributed by atoms with Crippen molar-refractivity contribution in [2.24, 2.45) is 5.92 Å². The Morgan fingerprint density at radius 1 is 0.889 bits per heavy atom. The maximum Gasteiger partial charge on any atom is 0.416 e. The van der Waals surface area contributed by atoms with Gasteiger partial charge in [0.25, 0.3) is 0 Å². The third kappa shape index (κ3) is 5.11. The molecule has 2 aromatic rings. The van der Waals surface area contributed by atoms with E-state index in [1.807, 2.05) is 12.1 Å². The lowest BCUT2D eigenvalue weighted by Gasteiger charge is -2.36. The molecule has 1 atom stereocenters. The minimum Gasteiger partial charge on any atom is -0.314 e. The molecule has 146 valence electrons. The summed E-state index contributed by atoms with van der Waals surface area (Å²) in [6.07, 6.45) is -3.20. The average molecular weight is 376 g/mol. The molecule has 1 fully saturated rings. The summed E-state index contributed by atoms with van der Waals surface area (Å²) in [6, 6.07) is 14.1. The lowest BCUT2D eigenvalue weighted by atomic mass is 9.93. The van der Waals surface area contributed by atoms with Gasteiger partial charge in [0.15, 0.2) is 0 Å². The molecule has 2 aromatic carbocycles. The van der Waals surface area contributed by atoms with Crippen LogP contribution < -0.4 is 5.32 Å². The molecule has 0 aromatic heterocycles. The van der Waals surface area contributed by atoms with Crippen LogP contribution in [0.1, 0.15) is 37.4 Å². The lowest BCUT2D eigenvalue weighted by Crippen LogP contribution is -2.45. The Labute approximate surface area is 159 Å². The van der Waals surface area contributed by atoms with Crippen LogP contribution in [0.4, 0.5) is 13.2 Å². The van der Waals surface area contributed by atoms with E-state index in [9.17, 15) is 13.2 Å². The van der Waals surface area contributed by atoms with Gasteiger partial charge in [-0.2, -0.15) is 13.2 Å². The number of piperazine rings is 1. The molecule has 0 bridgehead atoms. The molecule has 0 saturated carbocycles. The Morgan fingerprint density at radius 3 is 1.89 bits per heavy atom. The van der Waals surface area contributed by atoms with Crippen LogP contribution in [-0.2, 0) is 6.18 Å². The molecule has 5 heteroatoms. The summed E-state index contributed by atoms with van der Waals surface area (Å²) in [5.74, 6) is 0.597. The van der Waals surface area contributed by atoms with E-state index in [0.717, 1.165) is 55.9 Å². The highest BCUT2D eigenvalue weighted by Crippen LogP contribution is 2.32. The van der Waals surface area contributed by atoms with E-state index in [1.165, 1.54) is 5.56 Å². The number of nitrogens with zero attached hydrogens (tertiary/aromatic N) is 1. The van der Waals surface area contributed by atoms with E-state index < -0.39 is 11.7 Å². The Balaban J connectivity index is 1.79. The predicted octanol–water partition coefficient (Wildman–Crippen LogP) is 5.36. The minimum absolute atomic E-state index is 0.383. The van der Waals surface area contributed by atoms with E-state index in [-0.39, 0.29) is 0 Å². The van der Waals surface area contributed by atoms with Crippen molar-refractivity contribution in [1.82, 2.24) is 10.2 Å². The number of hydrogen-bond donors (Lipinski definition) is 1. The molecule has 1 N–H and O–H groups in total. The second-order valence-corrected chi connectivity index (χ2v) is 7.63. The fourth-order valence-corrected chi connectivity index (χ4v) is 3.69. The monoisotopic (exact) mass is 376 g/mol. The number of nitrogens with one attached hydrogen (secondary N) is 1. The molecule has 0 amide bonds. The molecule has 0 unspecified atom stereocenters. The van der Waals surface area contributed by atoms with Crippen molar-refractivity contribution in [3.05, 3.63) is 59.7 Å². The van der Waals surface area contributed by atoms with Crippen LogP contribution >= 0.6 is 0 Å². The first-order valence-corrected chi connectivity index (χ1v) is 9.57. The maximum atomic E-state index is 12.7. The summed E-state index contributed by atoms with van der Waals surface area (Å²) < 4.78 is 38.2. The fourth-order valence-electron chi connectivity index (χ4n) is 3.69.